The summed E-state index contributed by atoms with van der Waals surface area (Å²) < 4.78 is 9.22. The molecule has 14 heavy (non-hydrogen) atoms. The normalized spacial score (nSPS) is 11.6. The number of Topliss-reactive ketones (excluding diaryl/α,β-unsaturated/α-hetero) is 1. The average Bonchev–Trinajstić information content (AvgIpc) is 2.03. The summed E-state index contributed by atoms with van der Waals surface area (Å²) in [6.45, 7) is 4.06. The molecule has 0 aliphatic heterocycles. The molecule has 0 aliphatic carbocycles. The lowest BCUT2D eigenvalue weighted by Gasteiger charge is -2.11. The van der Waals surface area contributed by atoms with Gasteiger partial charge in [0.25, 0.3) is 0 Å². The molecule has 5 nitrogen and oxygen atoms in total. The molecule has 1 unspecified atom stereocenters. The van der Waals surface area contributed by atoms with E-state index in [1.165, 1.54) is 13.8 Å². The van der Waals surface area contributed by atoms with E-state index in [0.717, 1.165) is 0 Å². The summed E-state index contributed by atoms with van der Waals surface area (Å²) in [5, 5.41) is 0. The molecule has 0 bridgehead atoms. The van der Waals surface area contributed by atoms with Crippen molar-refractivity contribution in [3.63, 3.8) is 0 Å². The zero-order valence-electron chi connectivity index (χ0n) is 8.53. The summed E-state index contributed by atoms with van der Waals surface area (Å²) in [6, 6.07) is 0. The lowest BCUT2D eigenvalue weighted by atomic mass is 10.1. The van der Waals surface area contributed by atoms with Crippen LogP contribution in [0.15, 0.2) is 0 Å². The fraction of sp³-hybridized carbons (Fsp3) is 0.667. The van der Waals surface area contributed by atoms with Crippen molar-refractivity contribution in [2.45, 2.75) is 20.8 Å². The molecule has 0 spiro atoms. The zero-order chi connectivity index (χ0) is 11.1. The summed E-state index contributed by atoms with van der Waals surface area (Å²) in [5.74, 6) is -2.55. The van der Waals surface area contributed by atoms with Crippen molar-refractivity contribution in [2.24, 2.45) is 5.92 Å². The molecule has 0 aliphatic rings. The standard InChI is InChI=1S/C9H14O5/c1-4-13-9(12)8(6(2)10)5-14-7(3)11/h8H,4-5H2,1-3H3. The van der Waals surface area contributed by atoms with Gasteiger partial charge in [0.1, 0.15) is 18.3 Å². The summed E-state index contributed by atoms with van der Waals surface area (Å²) in [5.41, 5.74) is 0. The van der Waals surface area contributed by atoms with Gasteiger partial charge in [-0.05, 0) is 13.8 Å². The van der Waals surface area contributed by atoms with E-state index in [1.807, 2.05) is 0 Å². The minimum absolute atomic E-state index is 0.197. The van der Waals surface area contributed by atoms with Crippen LogP contribution in [-0.4, -0.2) is 30.9 Å². The number of carbonyl (C=O) groups is 3. The Hall–Kier alpha value is -1.39. The van der Waals surface area contributed by atoms with E-state index in [-0.39, 0.29) is 19.0 Å². The van der Waals surface area contributed by atoms with Crippen molar-refractivity contribution >= 4 is 17.7 Å². The molecule has 0 aromatic heterocycles. The van der Waals surface area contributed by atoms with Crippen molar-refractivity contribution in [3.05, 3.63) is 0 Å². The first-order chi connectivity index (χ1) is 6.49. The van der Waals surface area contributed by atoms with Gasteiger partial charge < -0.3 is 9.47 Å². The third kappa shape index (κ3) is 4.59. The predicted molar refractivity (Wildman–Crippen MR) is 47.4 cm³/mol. The molecular formula is C9H14O5. The van der Waals surface area contributed by atoms with Crippen LogP contribution < -0.4 is 0 Å². The number of rotatable bonds is 5. The second kappa shape index (κ2) is 6.12. The van der Waals surface area contributed by atoms with Gasteiger partial charge in [0.05, 0.1) is 6.61 Å². The maximum absolute atomic E-state index is 11.2. The Labute approximate surface area is 82.4 Å². The van der Waals surface area contributed by atoms with Gasteiger partial charge in [-0.15, -0.1) is 0 Å². The molecule has 0 amide bonds. The van der Waals surface area contributed by atoms with E-state index in [1.54, 1.807) is 6.92 Å². The van der Waals surface area contributed by atoms with Crippen LogP contribution >= 0.6 is 0 Å². The second-order valence-corrected chi connectivity index (χ2v) is 2.72. The topological polar surface area (TPSA) is 69.7 Å². The number of ether oxygens (including phenoxy) is 2. The van der Waals surface area contributed by atoms with Crippen LogP contribution in [0.5, 0.6) is 0 Å². The van der Waals surface area contributed by atoms with Crippen molar-refractivity contribution in [3.8, 4) is 0 Å². The van der Waals surface area contributed by atoms with Crippen LogP contribution in [0.1, 0.15) is 20.8 Å². The van der Waals surface area contributed by atoms with E-state index in [0.29, 0.717) is 0 Å². The van der Waals surface area contributed by atoms with Crippen molar-refractivity contribution in [1.29, 1.82) is 0 Å². The molecule has 0 aromatic carbocycles. The number of hydrogen-bond donors (Lipinski definition) is 0. The van der Waals surface area contributed by atoms with Crippen molar-refractivity contribution in [1.82, 2.24) is 0 Å². The minimum Gasteiger partial charge on any atom is -0.465 e. The quantitative estimate of drug-likeness (QED) is 0.474. The highest BCUT2D eigenvalue weighted by molar-refractivity contribution is 5.98. The first-order valence-electron chi connectivity index (χ1n) is 4.29. The van der Waals surface area contributed by atoms with Gasteiger partial charge in [0.15, 0.2) is 0 Å². The third-order valence-electron chi connectivity index (χ3n) is 1.52. The largest absolute Gasteiger partial charge is 0.465 e. The molecular weight excluding hydrogens is 188 g/mol. The van der Waals surface area contributed by atoms with E-state index in [2.05, 4.69) is 9.47 Å². The van der Waals surface area contributed by atoms with Crippen LogP contribution in [0.3, 0.4) is 0 Å². The SMILES string of the molecule is CCOC(=O)C(COC(C)=O)C(C)=O. The van der Waals surface area contributed by atoms with Crippen LogP contribution in [0.25, 0.3) is 0 Å². The number of carbonyl (C=O) groups excluding carboxylic acids is 3. The van der Waals surface area contributed by atoms with E-state index in [9.17, 15) is 14.4 Å². The molecule has 0 saturated heterocycles. The maximum atomic E-state index is 11.2. The molecule has 0 aromatic rings. The highest BCUT2D eigenvalue weighted by atomic mass is 16.5. The van der Waals surface area contributed by atoms with E-state index < -0.39 is 17.9 Å². The average molecular weight is 202 g/mol. The van der Waals surface area contributed by atoms with Crippen molar-refractivity contribution < 1.29 is 23.9 Å². The highest BCUT2D eigenvalue weighted by Crippen LogP contribution is 2.03. The summed E-state index contributed by atoms with van der Waals surface area (Å²) >= 11 is 0. The van der Waals surface area contributed by atoms with Crippen LogP contribution in [0, 0.1) is 5.92 Å². The monoisotopic (exact) mass is 202 g/mol. The van der Waals surface area contributed by atoms with Crippen LogP contribution in [0.2, 0.25) is 0 Å². The second-order valence-electron chi connectivity index (χ2n) is 2.72. The Bertz CT molecular complexity index is 233. The molecule has 1 atom stereocenters. The van der Waals surface area contributed by atoms with E-state index in [4.69, 9.17) is 0 Å². The highest BCUT2D eigenvalue weighted by Gasteiger charge is 2.25. The lowest BCUT2D eigenvalue weighted by Crippen LogP contribution is -2.29. The number of esters is 2. The third-order valence-corrected chi connectivity index (χ3v) is 1.52. The zero-order valence-corrected chi connectivity index (χ0v) is 8.53. The van der Waals surface area contributed by atoms with Crippen molar-refractivity contribution in [2.75, 3.05) is 13.2 Å². The Morgan fingerprint density at radius 1 is 1.14 bits per heavy atom. The first-order valence-corrected chi connectivity index (χ1v) is 4.29. The molecule has 0 saturated carbocycles. The lowest BCUT2D eigenvalue weighted by molar-refractivity contribution is -0.156. The van der Waals surface area contributed by atoms with Gasteiger partial charge in [-0.1, -0.05) is 0 Å². The van der Waals surface area contributed by atoms with Gasteiger partial charge in [-0.3, -0.25) is 14.4 Å². The molecule has 0 rings (SSSR count). The minimum atomic E-state index is -1.00. The number of hydrogen-bond acceptors (Lipinski definition) is 5. The fourth-order valence-electron chi connectivity index (χ4n) is 0.795. The fourth-order valence-corrected chi connectivity index (χ4v) is 0.795. The molecule has 80 valence electrons. The van der Waals surface area contributed by atoms with E-state index >= 15 is 0 Å². The number of ketones is 1. The van der Waals surface area contributed by atoms with Gasteiger partial charge in [-0.25, -0.2) is 0 Å². The van der Waals surface area contributed by atoms with Gasteiger partial charge in [0.2, 0.25) is 0 Å². The molecule has 5 heteroatoms. The van der Waals surface area contributed by atoms with Gasteiger partial charge in [-0.2, -0.15) is 0 Å². The molecule has 0 N–H and O–H groups in total. The maximum Gasteiger partial charge on any atom is 0.319 e. The Morgan fingerprint density at radius 2 is 1.71 bits per heavy atom. The first kappa shape index (κ1) is 12.6. The van der Waals surface area contributed by atoms with Gasteiger partial charge >= 0.3 is 11.9 Å². The predicted octanol–water partition coefficient (Wildman–Crippen LogP) is 0.318. The summed E-state index contributed by atoms with van der Waals surface area (Å²) in [4.78, 5) is 32.6. The Morgan fingerprint density at radius 3 is 2.07 bits per heavy atom. The van der Waals surface area contributed by atoms with Crippen LogP contribution in [0.4, 0.5) is 0 Å². The summed E-state index contributed by atoms with van der Waals surface area (Å²) in [6.07, 6.45) is 0. The smallest absolute Gasteiger partial charge is 0.319 e. The van der Waals surface area contributed by atoms with Gasteiger partial charge in [0, 0.05) is 6.92 Å². The Kier molecular flexibility index (Phi) is 5.52. The Balaban J connectivity index is 4.22. The molecule has 0 heterocycles. The molecule has 0 fully saturated rings. The van der Waals surface area contributed by atoms with Crippen LogP contribution in [-0.2, 0) is 23.9 Å². The summed E-state index contributed by atoms with van der Waals surface area (Å²) in [7, 11) is 0. The molecule has 0 radical (unpaired) electrons.